The van der Waals surface area contributed by atoms with Gasteiger partial charge in [-0.2, -0.15) is 0 Å². The third kappa shape index (κ3) is 101. The average molecular weight is 118 g/mol. The minimum Gasteiger partial charge on any atom is 0 e. The fourth-order valence-electron chi connectivity index (χ4n) is 0. The van der Waals surface area contributed by atoms with Crippen molar-refractivity contribution in [1.29, 1.82) is 5.26 Å². The van der Waals surface area contributed by atoms with Crippen LogP contribution in [0.25, 0.3) is 0 Å². The third-order valence-corrected chi connectivity index (χ3v) is 0. The SMILES string of the molecule is [C-]#N.[O]=[AlH].[Ti]. The van der Waals surface area contributed by atoms with Gasteiger partial charge in [0.05, 0.1) is 0 Å². The molecule has 0 saturated carbocycles. The van der Waals surface area contributed by atoms with Crippen LogP contribution < -0.4 is 0 Å². The Balaban J connectivity index is -0.0000000133. The Labute approximate surface area is 53.7 Å². The van der Waals surface area contributed by atoms with Crippen LogP contribution in [0.5, 0.6) is 0 Å². The van der Waals surface area contributed by atoms with E-state index in [-0.39, 0.29) is 21.7 Å². The molecular weight excluding hydrogens is 117 g/mol. The average Bonchev–Trinajstić information content (AvgIpc) is 1.50. The minimum absolute atomic E-state index is 0. The molecule has 2 nitrogen and oxygen atoms in total. The normalized spacial score (nSPS) is 1.00. The second-order valence-electron chi connectivity index (χ2n) is 0. The van der Waals surface area contributed by atoms with Gasteiger partial charge in [0.15, 0.2) is 0 Å². The van der Waals surface area contributed by atoms with Gasteiger partial charge in [-0.15, -0.1) is 0 Å². The van der Waals surface area contributed by atoms with E-state index < -0.39 is 0 Å². The molecule has 0 heterocycles. The molecule has 0 unspecified atom stereocenters. The van der Waals surface area contributed by atoms with E-state index in [2.05, 4.69) is 0 Å². The zero-order chi connectivity index (χ0) is 4.00. The van der Waals surface area contributed by atoms with Gasteiger partial charge >= 0.3 is 20.0 Å². The topological polar surface area (TPSA) is 40.9 Å². The van der Waals surface area contributed by atoms with Crippen LogP contribution in [0, 0.1) is 11.8 Å². The van der Waals surface area contributed by atoms with Gasteiger partial charge in [0, 0.05) is 21.7 Å². The number of nitrogens with zero attached hydrogens (tertiary/aromatic N) is 1. The summed E-state index contributed by atoms with van der Waals surface area (Å²) in [5, 5.41) is 6.25. The van der Waals surface area contributed by atoms with Crippen molar-refractivity contribution in [3.05, 3.63) is 6.57 Å². The molecule has 0 aromatic heterocycles. The molecule has 0 aromatic rings. The molecule has 0 radical (unpaired) electrons. The van der Waals surface area contributed by atoms with Crippen molar-refractivity contribution in [3.63, 3.8) is 0 Å². The van der Waals surface area contributed by atoms with Crippen molar-refractivity contribution >= 4 is 16.2 Å². The Hall–Kier alpha value is 0.537. The summed E-state index contributed by atoms with van der Waals surface area (Å²) in [7, 11) is 0. The van der Waals surface area contributed by atoms with E-state index in [0.29, 0.717) is 16.2 Å². The van der Waals surface area contributed by atoms with Crippen LogP contribution in [0.3, 0.4) is 0 Å². The van der Waals surface area contributed by atoms with E-state index in [0.717, 1.165) is 0 Å². The summed E-state index contributed by atoms with van der Waals surface area (Å²) >= 11 is 0.611. The quantitative estimate of drug-likeness (QED) is 0.312. The van der Waals surface area contributed by atoms with Crippen molar-refractivity contribution < 1.29 is 25.5 Å². The summed E-state index contributed by atoms with van der Waals surface area (Å²) in [4.78, 5) is 0. The van der Waals surface area contributed by atoms with Crippen molar-refractivity contribution in [2.24, 2.45) is 0 Å². The van der Waals surface area contributed by atoms with Gasteiger partial charge in [-0.3, -0.25) is 0 Å². The second kappa shape index (κ2) is 197. The molecule has 0 aliphatic rings. The molecule has 0 spiro atoms. The predicted molar refractivity (Wildman–Crippen MR) is 12.8 cm³/mol. The summed E-state index contributed by atoms with van der Waals surface area (Å²) in [6.07, 6.45) is 0. The predicted octanol–water partition coefficient (Wildman–Crippen LogP) is -0.673. The molecule has 5 heavy (non-hydrogen) atoms. The summed E-state index contributed by atoms with van der Waals surface area (Å²) in [5.74, 6) is 0. The molecule has 0 aliphatic carbocycles. The van der Waals surface area contributed by atoms with Crippen molar-refractivity contribution in [3.8, 4) is 0 Å². The van der Waals surface area contributed by atoms with Crippen LogP contribution >= 0.6 is 0 Å². The second-order valence-corrected chi connectivity index (χ2v) is 0. The van der Waals surface area contributed by atoms with Crippen molar-refractivity contribution in [2.45, 2.75) is 0 Å². The van der Waals surface area contributed by atoms with E-state index in [1.54, 1.807) is 0 Å². The molecule has 0 atom stereocenters. The Kier molecular flexibility index (Phi) is 698. The van der Waals surface area contributed by atoms with E-state index in [4.69, 9.17) is 15.6 Å². The maximum atomic E-state index is 8.28. The monoisotopic (exact) mass is 118 g/mol. The Morgan fingerprint density at radius 3 is 1.40 bits per heavy atom. The molecule has 0 bridgehead atoms. The van der Waals surface area contributed by atoms with Gasteiger partial charge in [0.2, 0.25) is 0 Å². The van der Waals surface area contributed by atoms with Crippen molar-refractivity contribution in [1.82, 2.24) is 0 Å². The van der Waals surface area contributed by atoms with Crippen LogP contribution in [-0.4, -0.2) is 16.2 Å². The van der Waals surface area contributed by atoms with Crippen molar-refractivity contribution in [2.75, 3.05) is 0 Å². The maximum absolute atomic E-state index is 8.28. The molecule has 0 fully saturated rings. The zero-order valence-corrected chi connectivity index (χ0v) is 5.54. The summed E-state index contributed by atoms with van der Waals surface area (Å²) < 4.78 is 8.28. The third-order valence-electron chi connectivity index (χ3n) is 0. The minimum atomic E-state index is 0. The molecule has 24 valence electrons. The first kappa shape index (κ1) is 17.7. The Morgan fingerprint density at radius 2 is 1.40 bits per heavy atom. The van der Waals surface area contributed by atoms with Crippen LogP contribution in [0.2, 0.25) is 0 Å². The van der Waals surface area contributed by atoms with Gasteiger partial charge in [-0.05, 0) is 0 Å². The molecule has 0 aromatic carbocycles. The van der Waals surface area contributed by atoms with Crippen LogP contribution in [0.4, 0.5) is 0 Å². The number of rotatable bonds is 0. The molecule has 4 heteroatoms. The first-order valence-electron chi connectivity index (χ1n) is 0.512. The van der Waals surface area contributed by atoms with E-state index in [1.165, 1.54) is 0 Å². The fourth-order valence-corrected chi connectivity index (χ4v) is 0. The van der Waals surface area contributed by atoms with Crippen LogP contribution in [-0.2, 0) is 25.5 Å². The Morgan fingerprint density at radius 1 is 1.40 bits per heavy atom. The van der Waals surface area contributed by atoms with Crippen LogP contribution in [0.15, 0.2) is 0 Å². The summed E-state index contributed by atoms with van der Waals surface area (Å²) in [6, 6.07) is 0. The van der Waals surface area contributed by atoms with Gasteiger partial charge in [0.25, 0.3) is 0 Å². The number of hydrogen-bond acceptors (Lipinski definition) is 2. The van der Waals surface area contributed by atoms with E-state index in [1.807, 2.05) is 0 Å². The standard InChI is InChI=1S/CN.Al.O.Ti.H/c1-2;;;;/q-1;;;;. The van der Waals surface area contributed by atoms with Gasteiger partial charge in [-0.25, -0.2) is 0 Å². The van der Waals surface area contributed by atoms with E-state index >= 15 is 0 Å². The molecule has 0 rings (SSSR count). The first-order valence-corrected chi connectivity index (χ1v) is 1.09. The molecule has 0 N–H and O–H groups in total. The molecular formula is CHAlNOTi-. The number of hydrogen-bond donors (Lipinski definition) is 0. The van der Waals surface area contributed by atoms with Gasteiger partial charge < -0.3 is 11.8 Å². The Bertz CT molecular complexity index is 22.9. The van der Waals surface area contributed by atoms with E-state index in [9.17, 15) is 0 Å². The largest absolute Gasteiger partial charge is 0 e. The molecule has 0 amide bonds. The smallest absolute Gasteiger partial charge is 0 e. The van der Waals surface area contributed by atoms with Gasteiger partial charge in [-0.1, -0.05) is 0 Å². The first-order chi connectivity index (χ1) is 2.00. The summed E-state index contributed by atoms with van der Waals surface area (Å²) in [5.41, 5.74) is 0. The molecule has 0 saturated heterocycles. The zero-order valence-electron chi connectivity index (χ0n) is 2.56. The van der Waals surface area contributed by atoms with Crippen LogP contribution in [0.1, 0.15) is 0 Å². The van der Waals surface area contributed by atoms with Gasteiger partial charge in [0.1, 0.15) is 0 Å². The summed E-state index contributed by atoms with van der Waals surface area (Å²) in [6.45, 7) is 4.75. The maximum Gasteiger partial charge on any atom is 0 e. The fraction of sp³-hybridized carbons (Fsp3) is 0. The molecule has 0 aliphatic heterocycles.